The Hall–Kier alpha value is -2.94. The molecule has 29 heavy (non-hydrogen) atoms. The summed E-state index contributed by atoms with van der Waals surface area (Å²) < 4.78 is 12.1. The van der Waals surface area contributed by atoms with Gasteiger partial charge in [0.15, 0.2) is 0 Å². The average Bonchev–Trinajstić information content (AvgIpc) is 3.22. The number of benzene rings is 3. The van der Waals surface area contributed by atoms with Crippen molar-refractivity contribution in [3.63, 3.8) is 0 Å². The van der Waals surface area contributed by atoms with Gasteiger partial charge in [-0.2, -0.15) is 0 Å². The van der Waals surface area contributed by atoms with E-state index in [4.69, 9.17) is 9.47 Å². The Kier molecular flexibility index (Phi) is 4.00. The molecule has 2 unspecified atom stereocenters. The first-order valence-corrected chi connectivity index (χ1v) is 10.7. The van der Waals surface area contributed by atoms with E-state index in [1.165, 1.54) is 33.5 Å². The van der Waals surface area contributed by atoms with Crippen molar-refractivity contribution < 1.29 is 9.47 Å². The van der Waals surface area contributed by atoms with E-state index in [2.05, 4.69) is 66.0 Å². The van der Waals surface area contributed by atoms with Gasteiger partial charge in [0, 0.05) is 24.6 Å². The molecular formula is C26H25NO2. The Morgan fingerprint density at radius 3 is 2.66 bits per heavy atom. The molecule has 3 heteroatoms. The number of anilines is 1. The smallest absolute Gasteiger partial charge is 0.128 e. The standard InChI is InChI=1S/C26H25NO2/c1-2-6-23-18(4-1)13-22(16-27-23)17-7-10-25-21(12-17)15-26(29-25)20-8-9-24-19(14-20)5-3-11-28-24/h1-2,4,6-10,12,14,22,26-27H,3,5,11,13,15-16H2. The third kappa shape index (κ3) is 3.05. The quantitative estimate of drug-likeness (QED) is 0.639. The van der Waals surface area contributed by atoms with Gasteiger partial charge in [0.25, 0.3) is 0 Å². The van der Waals surface area contributed by atoms with Crippen LogP contribution in [0.2, 0.25) is 0 Å². The zero-order valence-electron chi connectivity index (χ0n) is 16.5. The first-order valence-electron chi connectivity index (χ1n) is 10.7. The summed E-state index contributed by atoms with van der Waals surface area (Å²) in [4.78, 5) is 0. The minimum Gasteiger partial charge on any atom is -0.493 e. The van der Waals surface area contributed by atoms with Gasteiger partial charge in [0.2, 0.25) is 0 Å². The molecule has 2 atom stereocenters. The van der Waals surface area contributed by atoms with E-state index in [1.807, 2.05) is 0 Å². The van der Waals surface area contributed by atoms with Crippen molar-refractivity contribution >= 4 is 5.69 Å². The number of hydrogen-bond donors (Lipinski definition) is 1. The predicted molar refractivity (Wildman–Crippen MR) is 115 cm³/mol. The Bertz CT molecular complexity index is 1070. The zero-order chi connectivity index (χ0) is 19.2. The first-order chi connectivity index (χ1) is 14.3. The molecule has 3 aromatic rings. The summed E-state index contributed by atoms with van der Waals surface area (Å²) in [6.45, 7) is 1.83. The molecule has 0 amide bonds. The molecular weight excluding hydrogens is 358 g/mol. The highest BCUT2D eigenvalue weighted by Crippen LogP contribution is 2.40. The highest BCUT2D eigenvalue weighted by atomic mass is 16.5. The minimum absolute atomic E-state index is 0.109. The van der Waals surface area contributed by atoms with E-state index >= 15 is 0 Å². The summed E-state index contributed by atoms with van der Waals surface area (Å²) in [5.41, 5.74) is 8.02. The molecule has 0 bridgehead atoms. The lowest BCUT2D eigenvalue weighted by Crippen LogP contribution is -2.21. The Morgan fingerprint density at radius 2 is 1.66 bits per heavy atom. The summed E-state index contributed by atoms with van der Waals surface area (Å²) in [6, 6.07) is 22.0. The van der Waals surface area contributed by atoms with Crippen LogP contribution in [-0.2, 0) is 19.3 Å². The maximum Gasteiger partial charge on any atom is 0.128 e. The van der Waals surface area contributed by atoms with Crippen molar-refractivity contribution in [2.75, 3.05) is 18.5 Å². The highest BCUT2D eigenvalue weighted by molar-refractivity contribution is 5.55. The summed E-state index contributed by atoms with van der Waals surface area (Å²) in [7, 11) is 0. The minimum atomic E-state index is 0.109. The summed E-state index contributed by atoms with van der Waals surface area (Å²) in [5, 5.41) is 3.60. The normalized spacial score (nSPS) is 21.8. The molecule has 3 aromatic carbocycles. The van der Waals surface area contributed by atoms with E-state index in [0.29, 0.717) is 5.92 Å². The number of rotatable bonds is 2. The fourth-order valence-electron chi connectivity index (χ4n) is 4.97. The Morgan fingerprint density at radius 1 is 0.793 bits per heavy atom. The second kappa shape index (κ2) is 6.84. The fourth-order valence-corrected chi connectivity index (χ4v) is 4.97. The third-order valence-corrected chi connectivity index (χ3v) is 6.56. The van der Waals surface area contributed by atoms with Crippen LogP contribution < -0.4 is 14.8 Å². The molecule has 0 saturated heterocycles. The molecule has 0 aromatic heterocycles. The lowest BCUT2D eigenvalue weighted by atomic mass is 9.87. The Labute approximate surface area is 171 Å². The molecule has 3 nitrogen and oxygen atoms in total. The summed E-state index contributed by atoms with van der Waals surface area (Å²) in [6.07, 6.45) is 4.35. The van der Waals surface area contributed by atoms with E-state index in [-0.39, 0.29) is 6.10 Å². The number of aryl methyl sites for hydroxylation is 1. The zero-order valence-corrected chi connectivity index (χ0v) is 16.5. The van der Waals surface area contributed by atoms with Crippen LogP contribution in [0.25, 0.3) is 0 Å². The van der Waals surface area contributed by atoms with Crippen LogP contribution in [0.5, 0.6) is 11.5 Å². The molecule has 0 saturated carbocycles. The molecule has 3 aliphatic heterocycles. The maximum absolute atomic E-state index is 6.33. The fraction of sp³-hybridized carbons (Fsp3) is 0.308. The van der Waals surface area contributed by atoms with E-state index in [0.717, 1.165) is 50.3 Å². The molecule has 146 valence electrons. The van der Waals surface area contributed by atoms with Crippen molar-refractivity contribution in [2.24, 2.45) is 0 Å². The number of para-hydroxylation sites is 1. The second-order valence-electron chi connectivity index (χ2n) is 8.44. The average molecular weight is 383 g/mol. The topological polar surface area (TPSA) is 30.5 Å². The molecule has 6 rings (SSSR count). The van der Waals surface area contributed by atoms with Crippen molar-refractivity contribution in [2.45, 2.75) is 37.7 Å². The van der Waals surface area contributed by atoms with Crippen LogP contribution in [0.3, 0.4) is 0 Å². The van der Waals surface area contributed by atoms with Crippen LogP contribution >= 0.6 is 0 Å². The van der Waals surface area contributed by atoms with Gasteiger partial charge in [-0.15, -0.1) is 0 Å². The van der Waals surface area contributed by atoms with Gasteiger partial charge in [-0.1, -0.05) is 36.4 Å². The lowest BCUT2D eigenvalue weighted by molar-refractivity contribution is 0.237. The van der Waals surface area contributed by atoms with Gasteiger partial charge in [-0.3, -0.25) is 0 Å². The first kappa shape index (κ1) is 17.0. The molecule has 0 radical (unpaired) electrons. The molecule has 0 aliphatic carbocycles. The van der Waals surface area contributed by atoms with Crippen LogP contribution in [0.15, 0.2) is 60.7 Å². The van der Waals surface area contributed by atoms with Crippen molar-refractivity contribution in [3.05, 3.63) is 88.5 Å². The highest BCUT2D eigenvalue weighted by Gasteiger charge is 2.27. The summed E-state index contributed by atoms with van der Waals surface area (Å²) >= 11 is 0. The number of fused-ring (bicyclic) bond motifs is 3. The van der Waals surface area contributed by atoms with Gasteiger partial charge >= 0.3 is 0 Å². The molecule has 3 heterocycles. The molecule has 0 fully saturated rings. The predicted octanol–water partition coefficient (Wildman–Crippen LogP) is 5.44. The number of ether oxygens (including phenoxy) is 2. The number of nitrogens with one attached hydrogen (secondary N) is 1. The molecule has 1 N–H and O–H groups in total. The van der Waals surface area contributed by atoms with E-state index in [1.54, 1.807) is 0 Å². The van der Waals surface area contributed by atoms with Crippen molar-refractivity contribution in [1.29, 1.82) is 0 Å². The Balaban J connectivity index is 1.23. The summed E-state index contributed by atoms with van der Waals surface area (Å²) in [5.74, 6) is 2.59. The monoisotopic (exact) mass is 383 g/mol. The van der Waals surface area contributed by atoms with Crippen molar-refractivity contribution in [1.82, 2.24) is 0 Å². The van der Waals surface area contributed by atoms with Crippen LogP contribution in [0, 0.1) is 0 Å². The third-order valence-electron chi connectivity index (χ3n) is 6.56. The van der Waals surface area contributed by atoms with E-state index < -0.39 is 0 Å². The number of hydrogen-bond acceptors (Lipinski definition) is 3. The lowest BCUT2D eigenvalue weighted by Gasteiger charge is -2.26. The van der Waals surface area contributed by atoms with Gasteiger partial charge in [0.1, 0.15) is 17.6 Å². The maximum atomic E-state index is 6.33. The van der Waals surface area contributed by atoms with E-state index in [9.17, 15) is 0 Å². The van der Waals surface area contributed by atoms with Gasteiger partial charge in [-0.25, -0.2) is 0 Å². The van der Waals surface area contributed by atoms with Crippen molar-refractivity contribution in [3.8, 4) is 11.5 Å². The molecule has 0 spiro atoms. The van der Waals surface area contributed by atoms with Crippen LogP contribution in [0.4, 0.5) is 5.69 Å². The molecule has 3 aliphatic rings. The van der Waals surface area contributed by atoms with Gasteiger partial charge in [-0.05, 0) is 71.3 Å². The largest absolute Gasteiger partial charge is 0.493 e. The van der Waals surface area contributed by atoms with Crippen LogP contribution in [-0.4, -0.2) is 13.2 Å². The van der Waals surface area contributed by atoms with Gasteiger partial charge < -0.3 is 14.8 Å². The van der Waals surface area contributed by atoms with Gasteiger partial charge in [0.05, 0.1) is 6.61 Å². The SMILES string of the molecule is c1ccc2c(c1)CC(c1ccc3c(c1)CC(c1ccc4c(c1)CCCO4)O3)CN2. The second-order valence-corrected chi connectivity index (χ2v) is 8.44. The van der Waals surface area contributed by atoms with Crippen LogP contribution in [0.1, 0.15) is 46.3 Å².